The van der Waals surface area contributed by atoms with Crippen molar-refractivity contribution >= 4 is 46.4 Å². The summed E-state index contributed by atoms with van der Waals surface area (Å²) in [5, 5.41) is 4.70. The SMILES string of the molecule is C=C=C(/C=N\C(=C\c1c2c3cc(c(F)cc3n1CC)-c1csc(n1)C[C@H](N)C(=O)N1CCC[C@H](N1)C(=O)OCC(C)(C)C2)[C@H](C)OC)N1CCOCC1. The van der Waals surface area contributed by atoms with Crippen molar-refractivity contribution in [1.29, 1.82) is 0 Å². The van der Waals surface area contributed by atoms with Crippen molar-refractivity contribution < 1.29 is 28.2 Å². The van der Waals surface area contributed by atoms with Crippen LogP contribution < -0.4 is 11.2 Å². The van der Waals surface area contributed by atoms with Gasteiger partial charge in [-0.2, -0.15) is 0 Å². The number of cyclic esters (lactones) is 1. The fraction of sp³-hybridized carbons (Fsp3) is 0.513. The quantitative estimate of drug-likeness (QED) is 0.197. The van der Waals surface area contributed by atoms with E-state index in [4.69, 9.17) is 29.9 Å². The predicted molar refractivity (Wildman–Crippen MR) is 205 cm³/mol. The molecule has 2 aromatic heterocycles. The number of hydrogen-bond donors (Lipinski definition) is 2. The number of carbonyl (C=O) groups is 2. The number of methoxy groups -OCH3 is 1. The molecule has 53 heavy (non-hydrogen) atoms. The van der Waals surface area contributed by atoms with Crippen molar-refractivity contribution in [3.05, 3.63) is 63.3 Å². The maximum atomic E-state index is 16.2. The Morgan fingerprint density at radius 1 is 1.30 bits per heavy atom. The van der Waals surface area contributed by atoms with E-state index in [0.29, 0.717) is 80.6 Å². The standard InChI is InChI=1S/C39H50FN7O5S/c1-7-25(45-12-14-51-15-13-45)21-42-32(24(3)50-6)19-35-28-20-39(4,5)23-52-38(49)31-10-9-11-47(44-31)37(48)30(41)18-36-43-33(22-53-36)27-16-26(28)34(17-29(27)40)46(35)8-2/h16-17,19,21-22,24,30-31,44H,1,8-15,18,20,23,41H2,2-6H3/b32-19+,42-21-/t24-,30-,31-/m0/s1. The van der Waals surface area contributed by atoms with Crippen molar-refractivity contribution in [1.82, 2.24) is 24.9 Å². The lowest BCUT2D eigenvalue weighted by molar-refractivity contribution is -0.154. The third kappa shape index (κ3) is 8.48. The Hall–Kier alpha value is -4.17. The monoisotopic (exact) mass is 747 g/mol. The number of aryl methyl sites for hydroxylation is 1. The van der Waals surface area contributed by atoms with Gasteiger partial charge in [0.25, 0.3) is 5.91 Å². The summed E-state index contributed by atoms with van der Waals surface area (Å²) in [7, 11) is 1.64. The van der Waals surface area contributed by atoms with Crippen molar-refractivity contribution in [2.75, 3.05) is 46.6 Å². The number of fused-ring (bicyclic) bond motifs is 6. The molecule has 2 fully saturated rings. The first-order chi connectivity index (χ1) is 25.4. The number of hydrazine groups is 1. The first-order valence-electron chi connectivity index (χ1n) is 18.2. The summed E-state index contributed by atoms with van der Waals surface area (Å²) in [6.45, 7) is 15.7. The normalized spacial score (nSPS) is 22.1. The topological polar surface area (TPSA) is 137 Å². The number of morpholine rings is 1. The maximum Gasteiger partial charge on any atom is 0.324 e. The van der Waals surface area contributed by atoms with Gasteiger partial charge in [-0.3, -0.25) is 19.6 Å². The zero-order chi connectivity index (χ0) is 37.9. The molecule has 6 rings (SSSR count). The molecule has 0 unspecified atom stereocenters. The minimum atomic E-state index is -0.890. The second-order valence-electron chi connectivity index (χ2n) is 14.5. The average molecular weight is 748 g/mol. The number of nitrogens with one attached hydrogen (secondary N) is 1. The number of thiazole rings is 1. The number of carbonyl (C=O) groups excluding carboxylic acids is 2. The highest BCUT2D eigenvalue weighted by Crippen LogP contribution is 2.38. The van der Waals surface area contributed by atoms with E-state index in [9.17, 15) is 9.59 Å². The van der Waals surface area contributed by atoms with E-state index in [1.165, 1.54) is 16.3 Å². The minimum absolute atomic E-state index is 0.120. The van der Waals surface area contributed by atoms with E-state index in [1.54, 1.807) is 24.8 Å². The van der Waals surface area contributed by atoms with Gasteiger partial charge in [0, 0.05) is 67.1 Å². The maximum absolute atomic E-state index is 16.2. The molecule has 0 saturated carbocycles. The predicted octanol–water partition coefficient (Wildman–Crippen LogP) is 4.86. The number of nitrogens with zero attached hydrogens (tertiary/aromatic N) is 5. The number of benzene rings is 1. The lowest BCUT2D eigenvalue weighted by Gasteiger charge is -2.34. The highest BCUT2D eigenvalue weighted by atomic mass is 32.1. The van der Waals surface area contributed by atoms with Crippen LogP contribution in [0.5, 0.6) is 0 Å². The average Bonchev–Trinajstić information content (AvgIpc) is 3.73. The number of aliphatic imine (C=N–C) groups is 1. The van der Waals surface area contributed by atoms with E-state index in [0.717, 1.165) is 27.9 Å². The van der Waals surface area contributed by atoms with Crippen LogP contribution in [0.2, 0.25) is 0 Å². The molecule has 3 aromatic rings. The van der Waals surface area contributed by atoms with Crippen molar-refractivity contribution in [2.45, 2.75) is 78.1 Å². The highest BCUT2D eigenvalue weighted by molar-refractivity contribution is 7.10. The smallest absolute Gasteiger partial charge is 0.324 e. The van der Waals surface area contributed by atoms with Gasteiger partial charge in [-0.05, 0) is 56.9 Å². The van der Waals surface area contributed by atoms with Crippen LogP contribution in [0.15, 0.2) is 46.2 Å². The summed E-state index contributed by atoms with van der Waals surface area (Å²) in [6.07, 6.45) is 5.22. The zero-order valence-electron chi connectivity index (χ0n) is 31.2. The molecule has 12 nitrogen and oxygen atoms in total. The van der Waals surface area contributed by atoms with Crippen molar-refractivity contribution in [3.63, 3.8) is 0 Å². The Morgan fingerprint density at radius 2 is 2.08 bits per heavy atom. The van der Waals surface area contributed by atoms with Gasteiger partial charge in [-0.15, -0.1) is 17.1 Å². The van der Waals surface area contributed by atoms with Crippen LogP contribution >= 0.6 is 11.3 Å². The van der Waals surface area contributed by atoms with E-state index in [1.807, 2.05) is 39.8 Å². The van der Waals surface area contributed by atoms with Gasteiger partial charge in [0.15, 0.2) is 0 Å². The summed E-state index contributed by atoms with van der Waals surface area (Å²) in [5.74, 6) is -1.17. The second-order valence-corrected chi connectivity index (χ2v) is 15.5. The van der Waals surface area contributed by atoms with E-state index < -0.39 is 29.3 Å². The van der Waals surface area contributed by atoms with Crippen LogP contribution in [0.1, 0.15) is 56.8 Å². The molecule has 0 spiro atoms. The molecule has 0 radical (unpaired) electrons. The summed E-state index contributed by atoms with van der Waals surface area (Å²) in [6, 6.07) is 1.86. The first kappa shape index (κ1) is 38.6. The third-order valence-corrected chi connectivity index (χ3v) is 10.9. The molecular formula is C39H50FN7O5S. The molecule has 1 amide bonds. The van der Waals surface area contributed by atoms with Gasteiger partial charge in [0.1, 0.15) is 11.9 Å². The highest BCUT2D eigenvalue weighted by Gasteiger charge is 2.34. The molecule has 3 aliphatic heterocycles. The van der Waals surface area contributed by atoms with Gasteiger partial charge in [0.05, 0.1) is 65.8 Å². The van der Waals surface area contributed by atoms with E-state index in [-0.39, 0.29) is 25.0 Å². The molecule has 3 aliphatic rings. The Morgan fingerprint density at radius 3 is 2.79 bits per heavy atom. The van der Waals surface area contributed by atoms with Crippen LogP contribution in [0, 0.1) is 11.2 Å². The Kier molecular flexibility index (Phi) is 12.0. The Labute approximate surface area is 314 Å². The van der Waals surface area contributed by atoms with Gasteiger partial charge < -0.3 is 29.4 Å². The van der Waals surface area contributed by atoms with Crippen LogP contribution in [-0.4, -0.2) is 102 Å². The number of allylic oxidation sites excluding steroid dienone is 1. The van der Waals surface area contributed by atoms with Crippen LogP contribution in [0.3, 0.4) is 0 Å². The second kappa shape index (κ2) is 16.5. The lowest BCUT2D eigenvalue weighted by atomic mass is 9.85. The van der Waals surface area contributed by atoms with E-state index >= 15 is 4.39 Å². The van der Waals surface area contributed by atoms with Crippen LogP contribution in [0.25, 0.3) is 28.2 Å². The summed E-state index contributed by atoms with van der Waals surface area (Å²) in [5.41, 5.74) is 16.7. The number of nitrogens with two attached hydrogens (primary N) is 1. The number of hydrogen-bond acceptors (Lipinski definition) is 11. The molecule has 2 saturated heterocycles. The summed E-state index contributed by atoms with van der Waals surface area (Å²) >= 11 is 1.34. The largest absolute Gasteiger partial charge is 0.464 e. The van der Waals surface area contributed by atoms with Gasteiger partial charge in [-0.1, -0.05) is 20.4 Å². The van der Waals surface area contributed by atoms with Crippen LogP contribution in [0.4, 0.5) is 4.39 Å². The molecule has 6 bridgehead atoms. The molecule has 14 heteroatoms. The first-order valence-corrected chi connectivity index (χ1v) is 19.1. The van der Waals surface area contributed by atoms with Gasteiger partial charge >= 0.3 is 5.97 Å². The molecular weight excluding hydrogens is 698 g/mol. The molecule has 284 valence electrons. The number of halogens is 1. The summed E-state index contributed by atoms with van der Waals surface area (Å²) < 4.78 is 35.6. The number of aromatic nitrogens is 2. The fourth-order valence-electron chi connectivity index (χ4n) is 7.06. The van der Waals surface area contributed by atoms with Crippen molar-refractivity contribution in [2.24, 2.45) is 16.1 Å². The summed E-state index contributed by atoms with van der Waals surface area (Å²) in [4.78, 5) is 38.5. The third-order valence-electron chi connectivity index (χ3n) is 10.1. The Balaban J connectivity index is 1.50. The minimum Gasteiger partial charge on any atom is -0.464 e. The molecule has 3 atom stereocenters. The van der Waals surface area contributed by atoms with Crippen LogP contribution in [-0.2, 0) is 43.2 Å². The zero-order valence-corrected chi connectivity index (χ0v) is 32.1. The molecule has 1 aromatic carbocycles. The number of ether oxygens (including phenoxy) is 3. The number of esters is 1. The molecule has 3 N–H and O–H groups in total. The Bertz CT molecular complexity index is 1960. The van der Waals surface area contributed by atoms with Gasteiger partial charge in [0.2, 0.25) is 0 Å². The molecule has 0 aliphatic carbocycles. The molecule has 5 heterocycles. The fourth-order valence-corrected chi connectivity index (χ4v) is 7.92. The van der Waals surface area contributed by atoms with E-state index in [2.05, 4.69) is 27.2 Å². The van der Waals surface area contributed by atoms with Crippen molar-refractivity contribution in [3.8, 4) is 11.3 Å². The van der Waals surface area contributed by atoms with Gasteiger partial charge in [-0.25, -0.2) is 14.8 Å². The number of rotatable bonds is 7. The number of amides is 1. The lowest BCUT2D eigenvalue weighted by Crippen LogP contribution is -2.59.